The first kappa shape index (κ1) is 19.5. The average Bonchev–Trinajstić information content (AvgIpc) is 2.30. The van der Waals surface area contributed by atoms with Crippen LogP contribution in [0.3, 0.4) is 0 Å². The molecule has 0 fully saturated rings. The molecule has 0 aliphatic carbocycles. The van der Waals surface area contributed by atoms with E-state index in [1.165, 1.54) is 0 Å². The molecule has 0 atom stereocenters. The number of azide groups is 1. The minimum atomic E-state index is 0.0851. The van der Waals surface area contributed by atoms with Crippen LogP contribution in [0.5, 0.6) is 0 Å². The van der Waals surface area contributed by atoms with Gasteiger partial charge in [0.15, 0.2) is 0 Å². The van der Waals surface area contributed by atoms with E-state index in [0.717, 1.165) is 0 Å². The third-order valence-corrected chi connectivity index (χ3v) is 0.825. The molecule has 0 aliphatic heterocycles. The van der Waals surface area contributed by atoms with Crippen LogP contribution in [0.15, 0.2) is 8.33 Å². The van der Waals surface area contributed by atoms with E-state index < -0.39 is 0 Å². The van der Waals surface area contributed by atoms with Crippen LogP contribution in [0.1, 0.15) is 0 Å². The zero-order chi connectivity index (χ0) is 12.4. The first-order valence-corrected chi connectivity index (χ1v) is 4.66. The van der Waals surface area contributed by atoms with Crippen molar-refractivity contribution in [2.24, 2.45) is 31.3 Å². The Bertz CT molecular complexity index is 158. The van der Waals surface area contributed by atoms with Crippen LogP contribution in [0.25, 0.3) is 20.9 Å². The fourth-order valence-electron chi connectivity index (χ4n) is 0.0400. The van der Waals surface area contributed by atoms with Crippen molar-refractivity contribution in [2.45, 2.75) is 0 Å². The van der Waals surface area contributed by atoms with Crippen LogP contribution in [0, 0.1) is 0 Å². The van der Waals surface area contributed by atoms with Gasteiger partial charge in [-0.15, -0.1) is 0 Å². The maximum atomic E-state index is 7.56. The van der Waals surface area contributed by atoms with Gasteiger partial charge in [-0.25, -0.2) is 0 Å². The summed E-state index contributed by atoms with van der Waals surface area (Å²) in [5, 5.41) is 0. The van der Waals surface area contributed by atoms with Gasteiger partial charge in [0.1, 0.15) is 0 Å². The van der Waals surface area contributed by atoms with Crippen molar-refractivity contribution >= 4 is 0 Å². The molecule has 91 valence electrons. The van der Waals surface area contributed by atoms with Crippen molar-refractivity contribution in [3.05, 3.63) is 20.9 Å². The first-order valence-electron chi connectivity index (χ1n) is 3.73. The van der Waals surface area contributed by atoms with Crippen molar-refractivity contribution in [1.82, 2.24) is 0 Å². The molecule has 10 nitrogen and oxygen atoms in total. The van der Waals surface area contributed by atoms with E-state index in [2.05, 4.69) is 18.1 Å². The van der Waals surface area contributed by atoms with Gasteiger partial charge < -0.3 is 22.9 Å². The Morgan fingerprint density at radius 1 is 0.800 bits per heavy atom. The van der Waals surface area contributed by atoms with Gasteiger partial charge in [0.25, 0.3) is 0 Å². The van der Waals surface area contributed by atoms with Crippen LogP contribution >= 0.6 is 0 Å². The van der Waals surface area contributed by atoms with Gasteiger partial charge in [-0.3, -0.25) is 0 Å². The summed E-state index contributed by atoms with van der Waals surface area (Å²) in [5.41, 5.74) is 34.7. The van der Waals surface area contributed by atoms with E-state index in [1.54, 1.807) is 0 Å². The fraction of sp³-hybridized carbons (Fsp3) is 1.00. The standard InChI is InChI=1S/2C2H8N2.Co.2N3/c2*3-1-2-4;;2*1-3-2/h2*1-4H2;;;/q;;+2;2*-1. The molecular weight excluding hydrogens is 247 g/mol. The molecule has 15 heavy (non-hydrogen) atoms. The van der Waals surface area contributed by atoms with Gasteiger partial charge >= 0.3 is 44.3 Å². The van der Waals surface area contributed by atoms with E-state index in [0.29, 0.717) is 26.2 Å². The fourth-order valence-corrected chi connectivity index (χ4v) is 0.165. The van der Waals surface area contributed by atoms with E-state index in [1.807, 2.05) is 0 Å². The summed E-state index contributed by atoms with van der Waals surface area (Å²) in [6.45, 7) is 2.39. The summed E-state index contributed by atoms with van der Waals surface area (Å²) in [5.74, 6) is 0. The minimum absolute atomic E-state index is 0.0851. The molecule has 0 aromatic heterocycles. The number of hydrogen-bond donors (Lipinski definition) is 4. The Hall–Kier alpha value is -1.03. The third kappa shape index (κ3) is 63.2. The van der Waals surface area contributed by atoms with E-state index in [-0.39, 0.29) is 15.1 Å². The maximum absolute atomic E-state index is 7.56. The molecule has 0 aromatic rings. The van der Waals surface area contributed by atoms with Gasteiger partial charge in [0, 0.05) is 26.2 Å². The predicted molar refractivity (Wildman–Crippen MR) is 54.5 cm³/mol. The van der Waals surface area contributed by atoms with Gasteiger partial charge in [-0.2, -0.15) is 0 Å². The van der Waals surface area contributed by atoms with Gasteiger partial charge in [0.05, 0.1) is 0 Å². The Morgan fingerprint density at radius 2 is 1.07 bits per heavy atom. The van der Waals surface area contributed by atoms with Gasteiger partial charge in [-0.05, 0) is 0 Å². The molecule has 0 saturated carbocycles. The number of nitrogens with two attached hydrogens (primary N) is 4. The van der Waals surface area contributed by atoms with Crippen LogP contribution in [-0.2, 0) is 15.1 Å². The van der Waals surface area contributed by atoms with E-state index >= 15 is 0 Å². The van der Waals surface area contributed by atoms with E-state index in [9.17, 15) is 0 Å². The third-order valence-electron chi connectivity index (χ3n) is 0.453. The summed E-state index contributed by atoms with van der Waals surface area (Å²) in [7, 11) is 0. The van der Waals surface area contributed by atoms with Crippen molar-refractivity contribution in [1.29, 1.82) is 0 Å². The molecule has 8 N–H and O–H groups in total. The summed E-state index contributed by atoms with van der Waals surface area (Å²) in [4.78, 5) is 4.64. The van der Waals surface area contributed by atoms with Gasteiger partial charge in [0.2, 0.25) is 0 Å². The molecule has 0 heterocycles. The molecule has 0 saturated heterocycles. The molecule has 0 bridgehead atoms. The van der Waals surface area contributed by atoms with E-state index in [4.69, 9.17) is 34.0 Å². The average molecular weight is 263 g/mol. The molecule has 0 rings (SSSR count). The molecule has 0 amide bonds. The van der Waals surface area contributed by atoms with Crippen molar-refractivity contribution in [3.8, 4) is 0 Å². The van der Waals surface area contributed by atoms with Crippen molar-refractivity contribution in [2.75, 3.05) is 26.2 Å². The molecule has 0 aromatic carbocycles. The van der Waals surface area contributed by atoms with Gasteiger partial charge in [-0.1, -0.05) is 0 Å². The van der Waals surface area contributed by atoms with Crippen LogP contribution < -0.4 is 22.9 Å². The Morgan fingerprint density at radius 3 is 1.20 bits per heavy atom. The number of nitrogens with zero attached hydrogens (tertiary/aromatic N) is 6. The first-order chi connectivity index (χ1) is 7.24. The molecule has 0 radical (unpaired) electrons. The second kappa shape index (κ2) is 29.3. The zero-order valence-electron chi connectivity index (χ0n) is 8.15. The number of hydrogen-bond acceptors (Lipinski definition) is 6. The monoisotopic (exact) mass is 263 g/mol. The summed E-state index contributed by atoms with van der Waals surface area (Å²) >= 11 is 0.0851. The summed E-state index contributed by atoms with van der Waals surface area (Å²) < 4.78 is 5.78. The molecule has 11 heteroatoms. The van der Waals surface area contributed by atoms with Crippen molar-refractivity contribution < 1.29 is 15.1 Å². The van der Waals surface area contributed by atoms with Crippen LogP contribution in [0.4, 0.5) is 0 Å². The number of rotatable bonds is 4. The summed E-state index contributed by atoms with van der Waals surface area (Å²) in [6.07, 6.45) is 0. The normalized spacial score (nSPS) is 6.93. The Labute approximate surface area is 94.0 Å². The SMILES string of the molecule is NCCN.NCCN.[N-]=[N+]=[N][Co][N]=[N+]=[N-]. The predicted octanol–water partition coefficient (Wildman–Crippen LogP) is -0.673. The molecule has 0 spiro atoms. The zero-order valence-corrected chi connectivity index (χ0v) is 9.20. The quantitative estimate of drug-likeness (QED) is 0.296. The molecule has 0 aliphatic rings. The topological polar surface area (TPSA) is 202 Å². The Kier molecular flexibility index (Phi) is 38.1. The van der Waals surface area contributed by atoms with Crippen LogP contribution in [-0.4, -0.2) is 26.2 Å². The van der Waals surface area contributed by atoms with Crippen molar-refractivity contribution in [3.63, 3.8) is 0 Å². The Balaban J connectivity index is -0.000000155. The van der Waals surface area contributed by atoms with Crippen LogP contribution in [0.2, 0.25) is 0 Å². The molecule has 0 unspecified atom stereocenters. The summed E-state index contributed by atoms with van der Waals surface area (Å²) in [6, 6.07) is 0. The second-order valence-corrected chi connectivity index (χ2v) is 2.16. The molecular formula is C4H16CoN10. The second-order valence-electron chi connectivity index (χ2n) is 1.53.